The van der Waals surface area contributed by atoms with Gasteiger partial charge in [-0.05, 0) is 19.1 Å². The fourth-order valence-electron chi connectivity index (χ4n) is 1.03. The van der Waals surface area contributed by atoms with E-state index in [9.17, 15) is 4.39 Å². The number of halogens is 1. The summed E-state index contributed by atoms with van der Waals surface area (Å²) in [7, 11) is 1.51. The first-order valence-corrected chi connectivity index (χ1v) is 4.41. The molecule has 1 unspecified atom stereocenters. The van der Waals surface area contributed by atoms with Gasteiger partial charge in [-0.3, -0.25) is 0 Å². The van der Waals surface area contributed by atoms with E-state index in [0.717, 1.165) is 0 Å². The summed E-state index contributed by atoms with van der Waals surface area (Å²) in [5.74, 6) is 0.210. The SMILES string of the molecule is COc1ccc(/C=C/C(C)N)c(F)c1. The van der Waals surface area contributed by atoms with Crippen molar-refractivity contribution < 1.29 is 9.13 Å². The summed E-state index contributed by atoms with van der Waals surface area (Å²) in [6.45, 7) is 1.83. The highest BCUT2D eigenvalue weighted by Crippen LogP contribution is 2.17. The van der Waals surface area contributed by atoms with E-state index in [0.29, 0.717) is 11.3 Å². The predicted molar refractivity (Wildman–Crippen MR) is 55.6 cm³/mol. The molecule has 0 aromatic heterocycles. The Labute approximate surface area is 83.2 Å². The van der Waals surface area contributed by atoms with Crippen molar-refractivity contribution in [2.45, 2.75) is 13.0 Å². The molecular formula is C11H14FNO. The second-order valence-electron chi connectivity index (χ2n) is 3.11. The number of benzene rings is 1. The van der Waals surface area contributed by atoms with Crippen LogP contribution in [0.15, 0.2) is 24.3 Å². The van der Waals surface area contributed by atoms with Crippen molar-refractivity contribution >= 4 is 6.08 Å². The molecule has 1 aromatic carbocycles. The van der Waals surface area contributed by atoms with Gasteiger partial charge in [0.15, 0.2) is 0 Å². The van der Waals surface area contributed by atoms with Gasteiger partial charge in [0.2, 0.25) is 0 Å². The lowest BCUT2D eigenvalue weighted by Gasteiger charge is -2.02. The minimum absolute atomic E-state index is 0.0727. The second kappa shape index (κ2) is 4.77. The Hall–Kier alpha value is -1.35. The van der Waals surface area contributed by atoms with Crippen LogP contribution in [0.5, 0.6) is 5.75 Å². The van der Waals surface area contributed by atoms with Gasteiger partial charge < -0.3 is 10.5 Å². The van der Waals surface area contributed by atoms with E-state index < -0.39 is 0 Å². The first-order valence-electron chi connectivity index (χ1n) is 4.41. The minimum atomic E-state index is -0.304. The molecule has 0 spiro atoms. The third-order valence-electron chi connectivity index (χ3n) is 1.79. The van der Waals surface area contributed by atoms with Gasteiger partial charge >= 0.3 is 0 Å². The molecule has 14 heavy (non-hydrogen) atoms. The van der Waals surface area contributed by atoms with Gasteiger partial charge in [0.25, 0.3) is 0 Å². The molecule has 0 saturated heterocycles. The Morgan fingerprint density at radius 3 is 2.71 bits per heavy atom. The van der Waals surface area contributed by atoms with E-state index >= 15 is 0 Å². The number of hydrogen-bond donors (Lipinski definition) is 1. The smallest absolute Gasteiger partial charge is 0.134 e. The maximum Gasteiger partial charge on any atom is 0.134 e. The van der Waals surface area contributed by atoms with Crippen LogP contribution in [0, 0.1) is 5.82 Å². The summed E-state index contributed by atoms with van der Waals surface area (Å²) in [5.41, 5.74) is 6.03. The number of rotatable bonds is 3. The Morgan fingerprint density at radius 2 is 2.21 bits per heavy atom. The molecule has 0 aliphatic heterocycles. The monoisotopic (exact) mass is 195 g/mol. The molecular weight excluding hydrogens is 181 g/mol. The quantitative estimate of drug-likeness (QED) is 0.802. The zero-order valence-electron chi connectivity index (χ0n) is 8.33. The van der Waals surface area contributed by atoms with E-state index in [1.165, 1.54) is 13.2 Å². The van der Waals surface area contributed by atoms with Gasteiger partial charge in [-0.25, -0.2) is 4.39 Å². The molecule has 1 atom stereocenters. The molecule has 0 aliphatic carbocycles. The van der Waals surface area contributed by atoms with Crippen LogP contribution in [0.1, 0.15) is 12.5 Å². The third-order valence-corrected chi connectivity index (χ3v) is 1.79. The maximum atomic E-state index is 13.3. The standard InChI is InChI=1S/C11H14FNO/c1-8(13)3-4-9-5-6-10(14-2)7-11(9)12/h3-8H,13H2,1-2H3/b4-3+. The van der Waals surface area contributed by atoms with Crippen LogP contribution in [-0.2, 0) is 0 Å². The van der Waals surface area contributed by atoms with Crippen LogP contribution < -0.4 is 10.5 Å². The fourth-order valence-corrected chi connectivity index (χ4v) is 1.03. The molecule has 2 nitrogen and oxygen atoms in total. The molecule has 3 heteroatoms. The lowest BCUT2D eigenvalue weighted by atomic mass is 10.1. The molecule has 2 N–H and O–H groups in total. The van der Waals surface area contributed by atoms with Gasteiger partial charge in [-0.15, -0.1) is 0 Å². The van der Waals surface area contributed by atoms with E-state index in [4.69, 9.17) is 10.5 Å². The lowest BCUT2D eigenvalue weighted by molar-refractivity contribution is 0.411. The van der Waals surface area contributed by atoms with Crippen LogP contribution in [0.2, 0.25) is 0 Å². The number of ether oxygens (including phenoxy) is 1. The first kappa shape index (κ1) is 10.7. The molecule has 0 saturated carbocycles. The highest BCUT2D eigenvalue weighted by Gasteiger charge is 2.00. The summed E-state index contributed by atoms with van der Waals surface area (Å²) < 4.78 is 18.2. The van der Waals surface area contributed by atoms with Gasteiger partial charge in [0, 0.05) is 17.7 Å². The van der Waals surface area contributed by atoms with Crippen LogP contribution in [0.4, 0.5) is 4.39 Å². The van der Waals surface area contributed by atoms with E-state index in [-0.39, 0.29) is 11.9 Å². The predicted octanol–water partition coefficient (Wildman–Crippen LogP) is 2.19. The maximum absolute atomic E-state index is 13.3. The molecule has 76 valence electrons. The van der Waals surface area contributed by atoms with E-state index in [1.54, 1.807) is 24.3 Å². The summed E-state index contributed by atoms with van der Waals surface area (Å²) >= 11 is 0. The van der Waals surface area contributed by atoms with Gasteiger partial charge in [-0.2, -0.15) is 0 Å². The Kier molecular flexibility index (Phi) is 3.65. The molecule has 0 aliphatic rings. The second-order valence-corrected chi connectivity index (χ2v) is 3.11. The number of methoxy groups -OCH3 is 1. The van der Waals surface area contributed by atoms with E-state index in [1.807, 2.05) is 6.92 Å². The topological polar surface area (TPSA) is 35.2 Å². The fraction of sp³-hybridized carbons (Fsp3) is 0.273. The molecule has 0 amide bonds. The zero-order valence-corrected chi connectivity index (χ0v) is 8.33. The van der Waals surface area contributed by atoms with Crippen molar-refractivity contribution in [1.82, 2.24) is 0 Å². The molecule has 1 rings (SSSR count). The van der Waals surface area contributed by atoms with E-state index in [2.05, 4.69) is 0 Å². The summed E-state index contributed by atoms with van der Waals surface area (Å²) in [5, 5.41) is 0. The van der Waals surface area contributed by atoms with Gasteiger partial charge in [0.05, 0.1) is 7.11 Å². The van der Waals surface area contributed by atoms with Gasteiger partial charge in [0.1, 0.15) is 11.6 Å². The summed E-state index contributed by atoms with van der Waals surface area (Å²) in [6, 6.07) is 4.65. The van der Waals surface area contributed by atoms with Crippen molar-refractivity contribution in [2.75, 3.05) is 7.11 Å². The van der Waals surface area contributed by atoms with Crippen LogP contribution in [0.25, 0.3) is 6.08 Å². The van der Waals surface area contributed by atoms with Crippen LogP contribution >= 0.6 is 0 Å². The highest BCUT2D eigenvalue weighted by molar-refractivity contribution is 5.52. The zero-order chi connectivity index (χ0) is 10.6. The Bertz CT molecular complexity index is 334. The Balaban J connectivity index is 2.89. The largest absolute Gasteiger partial charge is 0.497 e. The number of hydrogen-bond acceptors (Lipinski definition) is 2. The van der Waals surface area contributed by atoms with Crippen molar-refractivity contribution in [3.63, 3.8) is 0 Å². The van der Waals surface area contributed by atoms with Crippen LogP contribution in [-0.4, -0.2) is 13.2 Å². The molecule has 0 radical (unpaired) electrons. The average molecular weight is 195 g/mol. The summed E-state index contributed by atoms with van der Waals surface area (Å²) in [4.78, 5) is 0. The first-order chi connectivity index (χ1) is 6.63. The van der Waals surface area contributed by atoms with Crippen molar-refractivity contribution in [3.05, 3.63) is 35.7 Å². The molecule has 0 fully saturated rings. The van der Waals surface area contributed by atoms with Crippen molar-refractivity contribution in [1.29, 1.82) is 0 Å². The lowest BCUT2D eigenvalue weighted by Crippen LogP contribution is -2.09. The van der Waals surface area contributed by atoms with Crippen LogP contribution in [0.3, 0.4) is 0 Å². The molecule has 0 bridgehead atoms. The van der Waals surface area contributed by atoms with Gasteiger partial charge in [-0.1, -0.05) is 12.2 Å². The molecule has 1 aromatic rings. The molecule has 0 heterocycles. The van der Waals surface area contributed by atoms with Crippen molar-refractivity contribution in [3.8, 4) is 5.75 Å². The summed E-state index contributed by atoms with van der Waals surface area (Å²) in [6.07, 6.45) is 3.41. The normalized spacial score (nSPS) is 13.1. The Morgan fingerprint density at radius 1 is 1.50 bits per heavy atom. The highest BCUT2D eigenvalue weighted by atomic mass is 19.1. The third kappa shape index (κ3) is 2.85. The number of nitrogens with two attached hydrogens (primary N) is 1. The average Bonchev–Trinajstić information content (AvgIpc) is 2.15. The minimum Gasteiger partial charge on any atom is -0.497 e. The van der Waals surface area contributed by atoms with Crippen molar-refractivity contribution in [2.24, 2.45) is 5.73 Å².